The average molecular weight is 338 g/mol. The Bertz CT molecular complexity index is 708. The highest BCUT2D eigenvalue weighted by Gasteiger charge is 2.36. The normalized spacial score (nSPS) is 24.1. The number of fused-ring (bicyclic) bond motifs is 1. The zero-order chi connectivity index (χ0) is 17.2. The van der Waals surface area contributed by atoms with Gasteiger partial charge in [0.1, 0.15) is 5.76 Å². The molecule has 132 valence electrons. The second kappa shape index (κ2) is 7.04. The lowest BCUT2D eigenvalue weighted by Gasteiger charge is -2.47. The first-order valence-corrected chi connectivity index (χ1v) is 9.33. The van der Waals surface area contributed by atoms with Crippen molar-refractivity contribution in [3.8, 4) is 11.3 Å². The summed E-state index contributed by atoms with van der Waals surface area (Å²) in [5.41, 5.74) is 2.48. The van der Waals surface area contributed by atoms with Gasteiger partial charge >= 0.3 is 0 Å². The molecule has 2 aromatic rings. The summed E-state index contributed by atoms with van der Waals surface area (Å²) in [4.78, 5) is 16.3. The molecule has 2 fully saturated rings. The highest BCUT2D eigenvalue weighted by Crippen LogP contribution is 2.32. The van der Waals surface area contributed by atoms with Crippen LogP contribution in [-0.4, -0.2) is 41.4 Å². The highest BCUT2D eigenvalue weighted by atomic mass is 16.3. The number of piperidine rings is 2. The fourth-order valence-corrected chi connectivity index (χ4v) is 4.44. The first kappa shape index (κ1) is 16.4. The lowest BCUT2D eigenvalue weighted by molar-refractivity contribution is -0.132. The van der Waals surface area contributed by atoms with Crippen molar-refractivity contribution in [2.45, 2.75) is 38.8 Å². The van der Waals surface area contributed by atoms with Gasteiger partial charge in [-0.2, -0.15) is 0 Å². The van der Waals surface area contributed by atoms with Crippen LogP contribution in [-0.2, 0) is 11.3 Å². The number of amides is 1. The molecule has 2 saturated heterocycles. The zero-order valence-corrected chi connectivity index (χ0v) is 14.9. The van der Waals surface area contributed by atoms with E-state index < -0.39 is 0 Å². The van der Waals surface area contributed by atoms with E-state index in [-0.39, 0.29) is 5.91 Å². The van der Waals surface area contributed by atoms with Crippen LogP contribution in [0.15, 0.2) is 47.1 Å². The highest BCUT2D eigenvalue weighted by molar-refractivity contribution is 5.73. The molecule has 3 heterocycles. The van der Waals surface area contributed by atoms with E-state index in [0.29, 0.717) is 12.0 Å². The van der Waals surface area contributed by atoms with E-state index in [4.69, 9.17) is 4.42 Å². The summed E-state index contributed by atoms with van der Waals surface area (Å²) in [6.07, 6.45) is 5.30. The van der Waals surface area contributed by atoms with Gasteiger partial charge < -0.3 is 9.32 Å². The zero-order valence-electron chi connectivity index (χ0n) is 14.9. The number of carbonyl (C=O) groups excluding carboxylic acids is 1. The van der Waals surface area contributed by atoms with Crippen LogP contribution in [0.2, 0.25) is 0 Å². The Balaban J connectivity index is 1.43. The number of hydrogen-bond acceptors (Lipinski definition) is 3. The second-order valence-corrected chi connectivity index (χ2v) is 7.37. The van der Waals surface area contributed by atoms with Crippen LogP contribution in [0.25, 0.3) is 11.3 Å². The van der Waals surface area contributed by atoms with E-state index in [9.17, 15) is 4.79 Å². The Morgan fingerprint density at radius 2 is 2.00 bits per heavy atom. The fraction of sp³-hybridized carbons (Fsp3) is 0.476. The van der Waals surface area contributed by atoms with Gasteiger partial charge in [-0.15, -0.1) is 0 Å². The van der Waals surface area contributed by atoms with Gasteiger partial charge in [-0.3, -0.25) is 9.69 Å². The predicted octanol–water partition coefficient (Wildman–Crippen LogP) is 3.78. The number of rotatable bonds is 3. The number of likely N-dealkylation sites (tertiary alicyclic amines) is 2. The summed E-state index contributed by atoms with van der Waals surface area (Å²) in [6.45, 7) is 5.71. The first-order valence-electron chi connectivity index (χ1n) is 9.33. The van der Waals surface area contributed by atoms with Gasteiger partial charge in [-0.05, 0) is 49.4 Å². The molecule has 1 aromatic heterocycles. The Hall–Kier alpha value is -2.07. The maximum atomic E-state index is 11.7. The number of nitrogens with zero attached hydrogens (tertiary/aromatic N) is 2. The molecule has 25 heavy (non-hydrogen) atoms. The van der Waals surface area contributed by atoms with E-state index in [2.05, 4.69) is 29.2 Å². The third kappa shape index (κ3) is 3.49. The minimum atomic E-state index is 0.226. The average Bonchev–Trinajstić information content (AvgIpc) is 3.17. The minimum Gasteiger partial charge on any atom is -0.464 e. The molecule has 2 aliphatic heterocycles. The maximum absolute atomic E-state index is 11.7. The quantitative estimate of drug-likeness (QED) is 0.854. The molecule has 0 saturated carbocycles. The van der Waals surface area contributed by atoms with Gasteiger partial charge in [0.15, 0.2) is 0 Å². The molecule has 0 unspecified atom stereocenters. The predicted molar refractivity (Wildman–Crippen MR) is 97.9 cm³/mol. The first-order chi connectivity index (χ1) is 12.2. The van der Waals surface area contributed by atoms with E-state index in [1.54, 1.807) is 13.2 Å². The lowest BCUT2D eigenvalue weighted by Crippen LogP contribution is -2.54. The Morgan fingerprint density at radius 3 is 2.72 bits per heavy atom. The van der Waals surface area contributed by atoms with Crippen molar-refractivity contribution in [1.29, 1.82) is 0 Å². The van der Waals surface area contributed by atoms with Gasteiger partial charge in [0.2, 0.25) is 5.91 Å². The van der Waals surface area contributed by atoms with Gasteiger partial charge in [0.05, 0.1) is 6.26 Å². The monoisotopic (exact) mass is 338 g/mol. The van der Waals surface area contributed by atoms with Crippen LogP contribution in [0, 0.1) is 5.92 Å². The Morgan fingerprint density at radius 1 is 1.16 bits per heavy atom. The minimum absolute atomic E-state index is 0.226. The molecule has 2 atom stereocenters. The second-order valence-electron chi connectivity index (χ2n) is 7.37. The molecular formula is C21H26N2O2. The Labute approximate surface area is 149 Å². The lowest BCUT2D eigenvalue weighted by atomic mass is 9.83. The molecule has 0 aliphatic carbocycles. The fourth-order valence-electron chi connectivity index (χ4n) is 4.44. The topological polar surface area (TPSA) is 36.7 Å². The molecule has 1 aromatic carbocycles. The van der Waals surface area contributed by atoms with Crippen LogP contribution in [0.4, 0.5) is 0 Å². The van der Waals surface area contributed by atoms with Crippen LogP contribution in [0.1, 0.15) is 31.7 Å². The molecular weight excluding hydrogens is 312 g/mol. The molecule has 0 bridgehead atoms. The summed E-state index contributed by atoms with van der Waals surface area (Å²) in [5.74, 6) is 1.78. The molecule has 0 N–H and O–H groups in total. The van der Waals surface area contributed by atoms with Gasteiger partial charge in [-0.25, -0.2) is 0 Å². The number of hydrogen-bond donors (Lipinski definition) is 0. The summed E-state index contributed by atoms with van der Waals surface area (Å²) in [7, 11) is 0. The SMILES string of the molecule is CC(=O)N1CC[C@@H]2[C@@H](CCCN2Cc2ccc(-c3ccco3)cc2)C1. The Kier molecular flexibility index (Phi) is 4.62. The largest absolute Gasteiger partial charge is 0.464 e. The number of benzene rings is 1. The van der Waals surface area contributed by atoms with E-state index in [1.165, 1.54) is 24.9 Å². The third-order valence-corrected chi connectivity index (χ3v) is 5.77. The third-order valence-electron chi connectivity index (χ3n) is 5.77. The molecule has 2 aliphatic rings. The van der Waals surface area contributed by atoms with Crippen molar-refractivity contribution in [3.63, 3.8) is 0 Å². The van der Waals surface area contributed by atoms with E-state index in [0.717, 1.165) is 37.4 Å². The van der Waals surface area contributed by atoms with Crippen molar-refractivity contribution < 1.29 is 9.21 Å². The van der Waals surface area contributed by atoms with Gasteiger partial charge in [0, 0.05) is 38.2 Å². The van der Waals surface area contributed by atoms with Crippen molar-refractivity contribution in [3.05, 3.63) is 48.2 Å². The maximum Gasteiger partial charge on any atom is 0.219 e. The van der Waals surface area contributed by atoms with Crippen LogP contribution in [0.5, 0.6) is 0 Å². The summed E-state index contributed by atoms with van der Waals surface area (Å²) >= 11 is 0. The van der Waals surface area contributed by atoms with Crippen LogP contribution >= 0.6 is 0 Å². The van der Waals surface area contributed by atoms with Crippen molar-refractivity contribution in [2.75, 3.05) is 19.6 Å². The molecule has 4 heteroatoms. The molecule has 4 nitrogen and oxygen atoms in total. The summed E-state index contributed by atoms with van der Waals surface area (Å²) < 4.78 is 5.47. The van der Waals surface area contributed by atoms with Crippen LogP contribution < -0.4 is 0 Å². The van der Waals surface area contributed by atoms with Crippen LogP contribution in [0.3, 0.4) is 0 Å². The standard InChI is InChI=1S/C21H26N2O2/c1-16(24)22-12-10-20-19(15-22)4-2-11-23(20)14-17-6-8-18(9-7-17)21-5-3-13-25-21/h3,5-9,13,19-20H,2,4,10-12,14-15H2,1H3/t19-,20+/m0/s1. The smallest absolute Gasteiger partial charge is 0.219 e. The van der Waals surface area contributed by atoms with E-state index >= 15 is 0 Å². The van der Waals surface area contributed by atoms with Gasteiger partial charge in [0.25, 0.3) is 0 Å². The molecule has 0 radical (unpaired) electrons. The molecule has 1 amide bonds. The number of carbonyl (C=O) groups is 1. The van der Waals surface area contributed by atoms with Crippen molar-refractivity contribution in [2.24, 2.45) is 5.92 Å². The molecule has 4 rings (SSSR count). The van der Waals surface area contributed by atoms with Crippen molar-refractivity contribution in [1.82, 2.24) is 9.80 Å². The summed E-state index contributed by atoms with van der Waals surface area (Å²) in [6, 6.07) is 13.3. The van der Waals surface area contributed by atoms with E-state index in [1.807, 2.05) is 17.0 Å². The molecule has 0 spiro atoms. The number of furan rings is 1. The summed E-state index contributed by atoms with van der Waals surface area (Å²) in [5, 5.41) is 0. The van der Waals surface area contributed by atoms with Crippen molar-refractivity contribution >= 4 is 5.91 Å². The van der Waals surface area contributed by atoms with Gasteiger partial charge in [-0.1, -0.05) is 24.3 Å².